The average molecular weight is 332 g/mol. The molecule has 1 aromatic carbocycles. The second-order valence-electron chi connectivity index (χ2n) is 7.32. The van der Waals surface area contributed by atoms with E-state index < -0.39 is 6.82 Å². The van der Waals surface area contributed by atoms with E-state index in [1.54, 1.807) is 0 Å². The van der Waals surface area contributed by atoms with Gasteiger partial charge >= 0.3 is 6.82 Å². The van der Waals surface area contributed by atoms with Crippen LogP contribution in [0.3, 0.4) is 0 Å². The smallest absolute Gasteiger partial charge is 0.599 e. The third-order valence-corrected chi connectivity index (χ3v) is 5.61. The van der Waals surface area contributed by atoms with Gasteiger partial charge in [-0.25, -0.2) is 0 Å². The Morgan fingerprint density at radius 1 is 0.960 bits per heavy atom. The van der Waals surface area contributed by atoms with Crippen molar-refractivity contribution >= 4 is 18.1 Å². The Balaban J connectivity index is 1.88. The number of rotatable bonds is 0. The van der Waals surface area contributed by atoms with Gasteiger partial charge in [-0.3, -0.25) is 0 Å². The highest BCUT2D eigenvalue weighted by Crippen LogP contribution is 2.46. The lowest BCUT2D eigenvalue weighted by molar-refractivity contribution is -0.369. The van der Waals surface area contributed by atoms with Gasteiger partial charge in [0.1, 0.15) is 17.2 Å². The molecule has 25 heavy (non-hydrogen) atoms. The summed E-state index contributed by atoms with van der Waals surface area (Å²) in [7, 11) is 0. The van der Waals surface area contributed by atoms with E-state index >= 15 is 0 Å². The van der Waals surface area contributed by atoms with Crippen molar-refractivity contribution in [1.29, 1.82) is 0 Å². The minimum Gasteiger partial charge on any atom is -0.599 e. The van der Waals surface area contributed by atoms with Crippen LogP contribution in [0.4, 0.5) is 0 Å². The Bertz CT molecular complexity index is 1030. The number of nitrogens with zero attached hydrogens (tertiary/aromatic N) is 2. The summed E-state index contributed by atoms with van der Waals surface area (Å²) in [5, 5.41) is 0. The molecule has 5 heteroatoms. The summed E-state index contributed by atoms with van der Waals surface area (Å²) in [6.45, 7) is 8.87. The molecular formula is C20H21BN2O2. The van der Waals surface area contributed by atoms with E-state index in [2.05, 4.69) is 55.7 Å². The van der Waals surface area contributed by atoms with Gasteiger partial charge in [0.05, 0.1) is 0 Å². The molecule has 0 N–H and O–H groups in total. The summed E-state index contributed by atoms with van der Waals surface area (Å²) < 4.78 is 17.7. The van der Waals surface area contributed by atoms with Crippen LogP contribution < -0.4 is 9.31 Å². The minimum absolute atomic E-state index is 0.801. The Hall–Kier alpha value is -2.69. The first-order valence-corrected chi connectivity index (χ1v) is 8.77. The standard InChI is InChI=1S/C20H21BN2O2/c1-12-10-14(3)22-19(12)16(5)20-13(2)11-15(4)23(20)21(22)24-17-8-6-7-9-18(17)25-21/h6-11H,1-5H3. The minimum atomic E-state index is -1.89. The molecule has 0 radical (unpaired) electrons. The van der Waals surface area contributed by atoms with Crippen LogP contribution in [0.2, 0.25) is 0 Å². The summed E-state index contributed by atoms with van der Waals surface area (Å²) in [6, 6.07) is 10.2. The Morgan fingerprint density at radius 3 is 2.24 bits per heavy atom. The molecule has 0 bridgehead atoms. The zero-order valence-corrected chi connectivity index (χ0v) is 15.3. The van der Waals surface area contributed by atoms with Gasteiger partial charge in [-0.1, -0.05) is 12.1 Å². The Morgan fingerprint density at radius 2 is 1.60 bits per heavy atom. The van der Waals surface area contributed by atoms with E-state index in [0.717, 1.165) is 22.9 Å². The summed E-state index contributed by atoms with van der Waals surface area (Å²) in [5.74, 6) is 1.60. The van der Waals surface area contributed by atoms with Crippen molar-refractivity contribution in [3.63, 3.8) is 0 Å². The fraction of sp³-hybridized carbons (Fsp3) is 0.250. The van der Waals surface area contributed by atoms with Crippen molar-refractivity contribution < 1.29 is 13.8 Å². The second kappa shape index (κ2) is 4.48. The predicted octanol–water partition coefficient (Wildman–Crippen LogP) is 4.04. The van der Waals surface area contributed by atoms with Gasteiger partial charge < -0.3 is 18.3 Å². The number of allylic oxidation sites excluding steroid dienone is 3. The van der Waals surface area contributed by atoms with E-state index in [4.69, 9.17) is 9.31 Å². The van der Waals surface area contributed by atoms with E-state index in [9.17, 15) is 0 Å². The summed E-state index contributed by atoms with van der Waals surface area (Å²) in [6.07, 6.45) is 2.22. The molecule has 0 atom stereocenters. The lowest BCUT2D eigenvalue weighted by Crippen LogP contribution is -2.65. The average Bonchev–Trinajstić information content (AvgIpc) is 3.17. The number of fused-ring (bicyclic) bond motifs is 5. The topological polar surface area (TPSA) is 26.4 Å². The molecular weight excluding hydrogens is 311 g/mol. The highest BCUT2D eigenvalue weighted by molar-refractivity contribution is 6.62. The lowest BCUT2D eigenvalue weighted by Gasteiger charge is -2.38. The summed E-state index contributed by atoms with van der Waals surface area (Å²) in [5.41, 5.74) is 8.49. The molecule has 0 saturated heterocycles. The molecule has 0 amide bonds. The van der Waals surface area contributed by atoms with E-state index in [1.807, 2.05) is 24.3 Å². The van der Waals surface area contributed by atoms with E-state index in [1.165, 1.54) is 28.1 Å². The molecule has 5 rings (SSSR count). The monoisotopic (exact) mass is 332 g/mol. The number of para-hydroxylation sites is 2. The molecule has 3 aliphatic heterocycles. The maximum atomic E-state index is 6.58. The van der Waals surface area contributed by atoms with Crippen molar-refractivity contribution in [2.45, 2.75) is 34.6 Å². The van der Waals surface area contributed by atoms with Crippen LogP contribution in [0, 0.1) is 13.8 Å². The first-order chi connectivity index (χ1) is 11.9. The normalized spacial score (nSPS) is 19.5. The van der Waals surface area contributed by atoms with Crippen LogP contribution in [0.1, 0.15) is 37.7 Å². The maximum Gasteiger partial charge on any atom is 0.780 e. The third-order valence-electron chi connectivity index (χ3n) is 5.61. The van der Waals surface area contributed by atoms with Crippen molar-refractivity contribution in [2.75, 3.05) is 0 Å². The number of aryl methyl sites for hydroxylation is 2. The highest BCUT2D eigenvalue weighted by atomic mass is 16.7. The molecule has 0 aliphatic carbocycles. The third kappa shape index (κ3) is 1.61. The molecule has 1 aromatic heterocycles. The molecule has 3 aliphatic rings. The molecule has 126 valence electrons. The maximum absolute atomic E-state index is 6.58. The van der Waals surface area contributed by atoms with Gasteiger partial charge in [0.2, 0.25) is 0 Å². The van der Waals surface area contributed by atoms with Crippen LogP contribution >= 0.6 is 0 Å². The fourth-order valence-corrected chi connectivity index (χ4v) is 4.87. The number of benzene rings is 1. The molecule has 0 fully saturated rings. The van der Waals surface area contributed by atoms with Gasteiger partial charge in [-0.15, -0.1) is 0 Å². The predicted molar refractivity (Wildman–Crippen MR) is 100 cm³/mol. The number of aromatic nitrogens is 1. The second-order valence-corrected chi connectivity index (χ2v) is 7.32. The SMILES string of the molecule is CC1=CC(C)=[N+]2C1=C(C)c1c(C)cc(C)n1[B-]21Oc2ccccc2O1. The van der Waals surface area contributed by atoms with Gasteiger partial charge in [0.15, 0.2) is 5.70 Å². The molecule has 0 unspecified atom stereocenters. The largest absolute Gasteiger partial charge is 0.780 e. The molecule has 1 spiro atoms. The summed E-state index contributed by atoms with van der Waals surface area (Å²) >= 11 is 0. The van der Waals surface area contributed by atoms with Gasteiger partial charge in [0, 0.05) is 29.8 Å². The Labute approximate surface area is 147 Å². The van der Waals surface area contributed by atoms with Crippen LogP contribution in [-0.4, -0.2) is 21.5 Å². The van der Waals surface area contributed by atoms with Crippen LogP contribution in [0.5, 0.6) is 11.5 Å². The zero-order chi connectivity index (χ0) is 17.5. The number of hydrogen-bond donors (Lipinski definition) is 0. The highest BCUT2D eigenvalue weighted by Gasteiger charge is 2.62. The molecule has 0 saturated carbocycles. The van der Waals surface area contributed by atoms with Crippen molar-refractivity contribution in [3.8, 4) is 11.5 Å². The van der Waals surface area contributed by atoms with Gasteiger partial charge in [0.25, 0.3) is 0 Å². The van der Waals surface area contributed by atoms with Crippen LogP contribution in [-0.2, 0) is 0 Å². The molecule has 4 heterocycles. The first kappa shape index (κ1) is 14.6. The van der Waals surface area contributed by atoms with Crippen molar-refractivity contribution in [3.05, 3.63) is 64.6 Å². The zero-order valence-electron chi connectivity index (χ0n) is 15.3. The van der Waals surface area contributed by atoms with E-state index in [0.29, 0.717) is 0 Å². The van der Waals surface area contributed by atoms with Crippen LogP contribution in [0.15, 0.2) is 47.7 Å². The Kier molecular flexibility index (Phi) is 2.62. The van der Waals surface area contributed by atoms with Gasteiger partial charge in [-0.05, 0) is 57.2 Å². The van der Waals surface area contributed by atoms with Crippen molar-refractivity contribution in [2.24, 2.45) is 0 Å². The lowest BCUT2D eigenvalue weighted by atomic mass is 9.80. The van der Waals surface area contributed by atoms with E-state index in [-0.39, 0.29) is 0 Å². The molecule has 2 aromatic rings. The van der Waals surface area contributed by atoms with Gasteiger partial charge in [-0.2, -0.15) is 0 Å². The number of hydrogen-bond acceptors (Lipinski definition) is 2. The first-order valence-electron chi connectivity index (χ1n) is 8.77. The fourth-order valence-electron chi connectivity index (χ4n) is 4.87. The molecule has 4 nitrogen and oxygen atoms in total. The quantitative estimate of drug-likeness (QED) is 0.681. The van der Waals surface area contributed by atoms with Crippen molar-refractivity contribution in [1.82, 2.24) is 4.48 Å². The summed E-state index contributed by atoms with van der Waals surface area (Å²) in [4.78, 5) is 0. The van der Waals surface area contributed by atoms with Crippen LogP contribution in [0.25, 0.3) is 5.57 Å².